The maximum absolute atomic E-state index is 12.7. The van der Waals surface area contributed by atoms with Gasteiger partial charge in [-0.15, -0.1) is 11.8 Å². The average Bonchev–Trinajstić information content (AvgIpc) is 3.16. The number of hydrogen-bond donors (Lipinski definition) is 0. The lowest BCUT2D eigenvalue weighted by Gasteiger charge is -2.19. The monoisotopic (exact) mass is 337 g/mol. The third-order valence-electron chi connectivity index (χ3n) is 3.81. The summed E-state index contributed by atoms with van der Waals surface area (Å²) in [4.78, 5) is 15.4. The summed E-state index contributed by atoms with van der Waals surface area (Å²) in [5.74, 6) is 0.0381. The lowest BCUT2D eigenvalue weighted by Crippen LogP contribution is -2.26. The quantitative estimate of drug-likeness (QED) is 0.664. The van der Waals surface area contributed by atoms with E-state index in [4.69, 9.17) is 0 Å². The molecule has 1 amide bonds. The molecule has 0 aliphatic heterocycles. The van der Waals surface area contributed by atoms with Gasteiger partial charge in [0.25, 0.3) is 5.91 Å². The van der Waals surface area contributed by atoms with Crippen molar-refractivity contribution in [2.45, 2.75) is 11.4 Å². The lowest BCUT2D eigenvalue weighted by molar-refractivity contribution is 0.0781. The molecule has 4 nitrogen and oxygen atoms in total. The Morgan fingerprint density at radius 3 is 2.54 bits per heavy atom. The Morgan fingerprint density at radius 1 is 1.12 bits per heavy atom. The Kier molecular flexibility index (Phi) is 5.01. The number of rotatable bonds is 5. The second kappa shape index (κ2) is 7.36. The molecular formula is C19H19N3OS. The van der Waals surface area contributed by atoms with E-state index in [1.165, 1.54) is 0 Å². The molecule has 24 heavy (non-hydrogen) atoms. The first-order valence-electron chi connectivity index (χ1n) is 7.66. The van der Waals surface area contributed by atoms with Crippen molar-refractivity contribution in [2.75, 3.05) is 13.3 Å². The summed E-state index contributed by atoms with van der Waals surface area (Å²) in [5.41, 5.74) is 2.84. The highest BCUT2D eigenvalue weighted by Gasteiger charge is 2.15. The van der Waals surface area contributed by atoms with Crippen LogP contribution in [0.2, 0.25) is 0 Å². The van der Waals surface area contributed by atoms with Gasteiger partial charge in [-0.25, -0.2) is 4.68 Å². The Balaban J connectivity index is 1.72. The molecule has 0 spiro atoms. The van der Waals surface area contributed by atoms with Crippen LogP contribution in [0.5, 0.6) is 0 Å². The van der Waals surface area contributed by atoms with Crippen LogP contribution >= 0.6 is 11.8 Å². The summed E-state index contributed by atoms with van der Waals surface area (Å²) in [6.45, 7) is 0.570. The molecule has 0 saturated heterocycles. The van der Waals surface area contributed by atoms with E-state index in [1.807, 2.05) is 78.8 Å². The molecule has 0 saturated carbocycles. The van der Waals surface area contributed by atoms with E-state index in [0.717, 1.165) is 21.7 Å². The van der Waals surface area contributed by atoms with Crippen LogP contribution in [-0.2, 0) is 6.54 Å². The zero-order valence-electron chi connectivity index (χ0n) is 13.7. The Morgan fingerprint density at radius 2 is 1.88 bits per heavy atom. The first-order valence-corrected chi connectivity index (χ1v) is 8.89. The first-order chi connectivity index (χ1) is 11.7. The zero-order chi connectivity index (χ0) is 16.9. The molecule has 0 atom stereocenters. The topological polar surface area (TPSA) is 38.1 Å². The van der Waals surface area contributed by atoms with Crippen molar-refractivity contribution in [3.05, 3.63) is 78.1 Å². The number of carbonyl (C=O) groups excluding carboxylic acids is 1. The van der Waals surface area contributed by atoms with E-state index in [-0.39, 0.29) is 5.91 Å². The number of aromatic nitrogens is 2. The van der Waals surface area contributed by atoms with Crippen molar-refractivity contribution in [2.24, 2.45) is 0 Å². The normalized spacial score (nSPS) is 10.6. The maximum Gasteiger partial charge on any atom is 0.255 e. The van der Waals surface area contributed by atoms with Gasteiger partial charge in [-0.2, -0.15) is 5.10 Å². The zero-order valence-corrected chi connectivity index (χ0v) is 14.5. The van der Waals surface area contributed by atoms with Crippen LogP contribution in [-0.4, -0.2) is 33.9 Å². The van der Waals surface area contributed by atoms with Gasteiger partial charge in [0, 0.05) is 30.9 Å². The Bertz CT molecular complexity index is 813. The second-order valence-corrected chi connectivity index (χ2v) is 6.33. The van der Waals surface area contributed by atoms with E-state index in [2.05, 4.69) is 5.10 Å². The van der Waals surface area contributed by atoms with E-state index >= 15 is 0 Å². The van der Waals surface area contributed by atoms with Gasteiger partial charge in [-0.1, -0.05) is 24.3 Å². The van der Waals surface area contributed by atoms with E-state index < -0.39 is 0 Å². The van der Waals surface area contributed by atoms with Crippen molar-refractivity contribution < 1.29 is 4.79 Å². The third-order valence-corrected chi connectivity index (χ3v) is 4.60. The van der Waals surface area contributed by atoms with Crippen LogP contribution in [0, 0.1) is 0 Å². The Hall–Kier alpha value is -2.53. The van der Waals surface area contributed by atoms with Gasteiger partial charge >= 0.3 is 0 Å². The van der Waals surface area contributed by atoms with Gasteiger partial charge in [-0.05, 0) is 42.2 Å². The molecule has 0 bridgehead atoms. The van der Waals surface area contributed by atoms with Gasteiger partial charge in [0.05, 0.1) is 11.3 Å². The van der Waals surface area contributed by atoms with Crippen LogP contribution in [0.4, 0.5) is 0 Å². The average molecular weight is 337 g/mol. The smallest absolute Gasteiger partial charge is 0.255 e. The highest BCUT2D eigenvalue weighted by molar-refractivity contribution is 7.98. The summed E-state index contributed by atoms with van der Waals surface area (Å²) in [6, 6.07) is 17.7. The minimum absolute atomic E-state index is 0.0381. The standard InChI is InChI=1S/C19H19N3OS/c1-21(19(23)17-6-3-4-7-18(17)24-2)14-15-8-10-16(11-9-15)22-13-5-12-20-22/h3-13H,14H2,1-2H3. The van der Waals surface area contributed by atoms with Crippen molar-refractivity contribution >= 4 is 17.7 Å². The van der Waals surface area contributed by atoms with E-state index in [0.29, 0.717) is 6.54 Å². The molecule has 1 heterocycles. The first kappa shape index (κ1) is 16.3. The highest BCUT2D eigenvalue weighted by atomic mass is 32.2. The van der Waals surface area contributed by atoms with Gasteiger partial charge in [-0.3, -0.25) is 4.79 Å². The highest BCUT2D eigenvalue weighted by Crippen LogP contribution is 2.21. The fraction of sp³-hybridized carbons (Fsp3) is 0.158. The fourth-order valence-electron chi connectivity index (χ4n) is 2.55. The summed E-state index contributed by atoms with van der Waals surface area (Å²) in [5, 5.41) is 4.21. The molecule has 2 aromatic carbocycles. The van der Waals surface area contributed by atoms with Crippen molar-refractivity contribution in [3.8, 4) is 5.69 Å². The number of carbonyl (C=O) groups is 1. The minimum atomic E-state index is 0.0381. The van der Waals surface area contributed by atoms with Crippen molar-refractivity contribution in [1.29, 1.82) is 0 Å². The molecule has 0 aliphatic carbocycles. The third kappa shape index (κ3) is 3.51. The van der Waals surface area contributed by atoms with Gasteiger partial charge in [0.2, 0.25) is 0 Å². The van der Waals surface area contributed by atoms with Gasteiger partial charge in [0.15, 0.2) is 0 Å². The summed E-state index contributed by atoms with van der Waals surface area (Å²) >= 11 is 1.59. The molecule has 0 N–H and O–H groups in total. The molecular weight excluding hydrogens is 318 g/mol. The number of amides is 1. The molecule has 0 aliphatic rings. The molecule has 122 valence electrons. The molecule has 5 heteroatoms. The maximum atomic E-state index is 12.7. The second-order valence-electron chi connectivity index (χ2n) is 5.48. The van der Waals surface area contributed by atoms with Crippen LogP contribution in [0.3, 0.4) is 0 Å². The lowest BCUT2D eigenvalue weighted by atomic mass is 10.1. The number of hydrogen-bond acceptors (Lipinski definition) is 3. The van der Waals surface area contributed by atoms with Gasteiger partial charge in [0.1, 0.15) is 0 Å². The van der Waals surface area contributed by atoms with Crippen LogP contribution in [0.15, 0.2) is 71.9 Å². The largest absolute Gasteiger partial charge is 0.337 e. The molecule has 0 unspecified atom stereocenters. The SMILES string of the molecule is CSc1ccccc1C(=O)N(C)Cc1ccc(-n2cccn2)cc1. The van der Waals surface area contributed by atoms with Crippen molar-refractivity contribution in [1.82, 2.24) is 14.7 Å². The minimum Gasteiger partial charge on any atom is -0.337 e. The van der Waals surface area contributed by atoms with Gasteiger partial charge < -0.3 is 4.90 Å². The van der Waals surface area contributed by atoms with Crippen LogP contribution < -0.4 is 0 Å². The molecule has 0 fully saturated rings. The van der Waals surface area contributed by atoms with E-state index in [9.17, 15) is 4.79 Å². The fourth-order valence-corrected chi connectivity index (χ4v) is 3.14. The summed E-state index contributed by atoms with van der Waals surface area (Å²) in [7, 11) is 1.83. The summed E-state index contributed by atoms with van der Waals surface area (Å²) < 4.78 is 1.81. The Labute approximate surface area is 146 Å². The number of thioether (sulfide) groups is 1. The van der Waals surface area contributed by atoms with Crippen LogP contribution in [0.25, 0.3) is 5.69 Å². The number of nitrogens with zero attached hydrogens (tertiary/aromatic N) is 3. The molecule has 3 aromatic rings. The van der Waals surface area contributed by atoms with Crippen LogP contribution in [0.1, 0.15) is 15.9 Å². The number of benzene rings is 2. The molecule has 3 rings (SSSR count). The summed E-state index contributed by atoms with van der Waals surface area (Å²) in [6.07, 6.45) is 5.65. The van der Waals surface area contributed by atoms with E-state index in [1.54, 1.807) is 22.9 Å². The predicted molar refractivity (Wildman–Crippen MR) is 97.6 cm³/mol. The molecule has 0 radical (unpaired) electrons. The predicted octanol–water partition coefficient (Wildman–Crippen LogP) is 3.87. The molecule has 1 aromatic heterocycles. The van der Waals surface area contributed by atoms with Crippen molar-refractivity contribution in [3.63, 3.8) is 0 Å².